The van der Waals surface area contributed by atoms with Gasteiger partial charge in [-0.25, -0.2) is 0 Å². The summed E-state index contributed by atoms with van der Waals surface area (Å²) in [5.74, 6) is 0.668. The minimum Gasteiger partial charge on any atom is -0.358 e. The second kappa shape index (κ2) is 3.88. The molecule has 1 unspecified atom stereocenters. The van der Waals surface area contributed by atoms with E-state index in [1.807, 2.05) is 0 Å². The van der Waals surface area contributed by atoms with Crippen LogP contribution in [0.4, 0.5) is 0 Å². The third-order valence-corrected chi connectivity index (χ3v) is 4.19. The van der Waals surface area contributed by atoms with Crippen molar-refractivity contribution in [2.24, 2.45) is 11.7 Å². The van der Waals surface area contributed by atoms with Gasteiger partial charge in [-0.1, -0.05) is 12.1 Å². The van der Waals surface area contributed by atoms with Crippen molar-refractivity contribution in [2.75, 3.05) is 6.54 Å². The van der Waals surface area contributed by atoms with E-state index in [0.29, 0.717) is 5.92 Å². The molecule has 0 amide bonds. The van der Waals surface area contributed by atoms with Crippen LogP contribution in [0.15, 0.2) is 12.1 Å². The van der Waals surface area contributed by atoms with Gasteiger partial charge in [0.1, 0.15) is 0 Å². The molecule has 2 aromatic rings. The minimum absolute atomic E-state index is 0.668. The van der Waals surface area contributed by atoms with E-state index in [2.05, 4.69) is 31.0 Å². The molecule has 1 atom stereocenters. The van der Waals surface area contributed by atoms with Crippen LogP contribution in [0, 0.1) is 19.8 Å². The predicted molar refractivity (Wildman–Crippen MR) is 72.3 cm³/mol. The van der Waals surface area contributed by atoms with Crippen molar-refractivity contribution in [2.45, 2.75) is 33.1 Å². The van der Waals surface area contributed by atoms with Crippen molar-refractivity contribution >= 4 is 10.9 Å². The molecule has 3 N–H and O–H groups in total. The van der Waals surface area contributed by atoms with Gasteiger partial charge in [0, 0.05) is 16.6 Å². The summed E-state index contributed by atoms with van der Waals surface area (Å²) in [6.45, 7) is 5.21. The van der Waals surface area contributed by atoms with Gasteiger partial charge in [0.25, 0.3) is 0 Å². The number of hydrogen-bond donors (Lipinski definition) is 2. The molecule has 0 saturated carbocycles. The number of hydrogen-bond acceptors (Lipinski definition) is 1. The predicted octanol–water partition coefficient (Wildman–Crippen LogP) is 2.85. The summed E-state index contributed by atoms with van der Waals surface area (Å²) in [6, 6.07) is 4.44. The SMILES string of the molecule is Cc1ccc(C)c2c3c([nH]c12)CCC(CN)C3. The zero-order valence-electron chi connectivity index (χ0n) is 10.6. The van der Waals surface area contributed by atoms with Crippen LogP contribution in [0.1, 0.15) is 28.8 Å². The van der Waals surface area contributed by atoms with Gasteiger partial charge < -0.3 is 10.7 Å². The molecule has 3 rings (SSSR count). The fourth-order valence-corrected chi connectivity index (χ4v) is 3.12. The molecular weight excluding hydrogens is 208 g/mol. The first-order valence-electron chi connectivity index (χ1n) is 6.50. The van der Waals surface area contributed by atoms with Crippen molar-refractivity contribution in [1.82, 2.24) is 4.98 Å². The molecule has 0 spiro atoms. The highest BCUT2D eigenvalue weighted by atomic mass is 14.7. The van der Waals surface area contributed by atoms with E-state index >= 15 is 0 Å². The molecule has 1 heterocycles. The van der Waals surface area contributed by atoms with Crippen molar-refractivity contribution in [3.63, 3.8) is 0 Å². The summed E-state index contributed by atoms with van der Waals surface area (Å²) < 4.78 is 0. The van der Waals surface area contributed by atoms with Crippen LogP contribution in [0.5, 0.6) is 0 Å². The molecular formula is C15H20N2. The Morgan fingerprint density at radius 2 is 2.06 bits per heavy atom. The van der Waals surface area contributed by atoms with E-state index < -0.39 is 0 Å². The normalized spacial score (nSPS) is 19.6. The van der Waals surface area contributed by atoms with Crippen LogP contribution in [0.3, 0.4) is 0 Å². The van der Waals surface area contributed by atoms with Gasteiger partial charge in [-0.15, -0.1) is 0 Å². The van der Waals surface area contributed by atoms with Gasteiger partial charge in [-0.2, -0.15) is 0 Å². The lowest BCUT2D eigenvalue weighted by Crippen LogP contribution is -2.21. The first-order chi connectivity index (χ1) is 8.20. The van der Waals surface area contributed by atoms with Gasteiger partial charge in [0.2, 0.25) is 0 Å². The quantitative estimate of drug-likeness (QED) is 0.774. The summed E-state index contributed by atoms with van der Waals surface area (Å²) in [6.07, 6.45) is 3.54. The van der Waals surface area contributed by atoms with E-state index in [9.17, 15) is 0 Å². The average Bonchev–Trinajstić information content (AvgIpc) is 2.73. The molecule has 0 saturated heterocycles. The molecule has 0 fully saturated rings. The van der Waals surface area contributed by atoms with Crippen LogP contribution in [-0.4, -0.2) is 11.5 Å². The molecule has 0 radical (unpaired) electrons. The summed E-state index contributed by atoms with van der Waals surface area (Å²) in [5, 5.41) is 1.46. The van der Waals surface area contributed by atoms with Gasteiger partial charge in [0.15, 0.2) is 0 Å². The Bertz CT molecular complexity index is 566. The smallest absolute Gasteiger partial charge is 0.0491 e. The maximum atomic E-state index is 5.83. The molecule has 1 aromatic carbocycles. The molecule has 17 heavy (non-hydrogen) atoms. The number of rotatable bonds is 1. The highest BCUT2D eigenvalue weighted by molar-refractivity contribution is 5.90. The number of nitrogens with one attached hydrogen (secondary N) is 1. The number of benzene rings is 1. The lowest BCUT2D eigenvalue weighted by Gasteiger charge is -2.21. The first-order valence-corrected chi connectivity index (χ1v) is 6.50. The Balaban J connectivity index is 2.24. The Morgan fingerprint density at radius 1 is 1.29 bits per heavy atom. The van der Waals surface area contributed by atoms with Crippen LogP contribution in [0.2, 0.25) is 0 Å². The largest absolute Gasteiger partial charge is 0.358 e. The van der Waals surface area contributed by atoms with E-state index in [1.54, 1.807) is 0 Å². The second-order valence-corrected chi connectivity index (χ2v) is 5.38. The van der Waals surface area contributed by atoms with Crippen molar-refractivity contribution in [3.05, 3.63) is 34.5 Å². The van der Waals surface area contributed by atoms with Crippen LogP contribution in [0.25, 0.3) is 10.9 Å². The number of aryl methyl sites for hydroxylation is 3. The van der Waals surface area contributed by atoms with Crippen LogP contribution < -0.4 is 5.73 Å². The number of nitrogens with two attached hydrogens (primary N) is 1. The number of fused-ring (bicyclic) bond motifs is 3. The summed E-state index contributed by atoms with van der Waals surface area (Å²) >= 11 is 0. The molecule has 2 heteroatoms. The topological polar surface area (TPSA) is 41.8 Å². The zero-order chi connectivity index (χ0) is 12.0. The monoisotopic (exact) mass is 228 g/mol. The lowest BCUT2D eigenvalue weighted by molar-refractivity contribution is 0.468. The van der Waals surface area contributed by atoms with Crippen molar-refractivity contribution in [1.29, 1.82) is 0 Å². The van der Waals surface area contributed by atoms with Gasteiger partial charge in [0.05, 0.1) is 0 Å². The fourth-order valence-electron chi connectivity index (χ4n) is 3.12. The molecule has 1 aliphatic rings. The third-order valence-electron chi connectivity index (χ3n) is 4.19. The summed E-state index contributed by atoms with van der Waals surface area (Å²) in [7, 11) is 0. The third kappa shape index (κ3) is 1.59. The Kier molecular flexibility index (Phi) is 2.48. The molecule has 0 bridgehead atoms. The van der Waals surface area contributed by atoms with Crippen molar-refractivity contribution in [3.8, 4) is 0 Å². The van der Waals surface area contributed by atoms with Crippen molar-refractivity contribution < 1.29 is 0 Å². The summed E-state index contributed by atoms with van der Waals surface area (Å²) in [4.78, 5) is 3.63. The van der Waals surface area contributed by atoms with Crippen LogP contribution in [-0.2, 0) is 12.8 Å². The standard InChI is InChI=1S/C15H20N2/c1-9-3-4-10(2)15-14(9)12-7-11(8-16)5-6-13(12)17-15/h3-4,11,17H,5-8,16H2,1-2H3. The highest BCUT2D eigenvalue weighted by Gasteiger charge is 2.22. The Labute approximate surface area is 102 Å². The Morgan fingerprint density at radius 3 is 2.82 bits per heavy atom. The number of aromatic nitrogens is 1. The lowest BCUT2D eigenvalue weighted by atomic mass is 9.85. The maximum Gasteiger partial charge on any atom is 0.0491 e. The molecule has 0 aliphatic heterocycles. The maximum absolute atomic E-state index is 5.83. The Hall–Kier alpha value is -1.28. The molecule has 90 valence electrons. The van der Waals surface area contributed by atoms with Gasteiger partial charge in [-0.3, -0.25) is 0 Å². The molecule has 1 aromatic heterocycles. The van der Waals surface area contributed by atoms with E-state index in [-0.39, 0.29) is 0 Å². The number of aromatic amines is 1. The first kappa shape index (κ1) is 10.8. The minimum atomic E-state index is 0.668. The second-order valence-electron chi connectivity index (χ2n) is 5.38. The highest BCUT2D eigenvalue weighted by Crippen LogP contribution is 2.34. The molecule has 2 nitrogen and oxygen atoms in total. The molecule has 1 aliphatic carbocycles. The van der Waals surface area contributed by atoms with E-state index in [0.717, 1.165) is 19.4 Å². The average molecular weight is 228 g/mol. The van der Waals surface area contributed by atoms with Gasteiger partial charge >= 0.3 is 0 Å². The van der Waals surface area contributed by atoms with E-state index in [4.69, 9.17) is 5.73 Å². The van der Waals surface area contributed by atoms with Crippen LogP contribution >= 0.6 is 0 Å². The number of H-pyrrole nitrogens is 1. The summed E-state index contributed by atoms with van der Waals surface area (Å²) in [5.41, 5.74) is 12.9. The van der Waals surface area contributed by atoms with Gasteiger partial charge in [-0.05, 0) is 62.3 Å². The van der Waals surface area contributed by atoms with E-state index in [1.165, 1.54) is 39.7 Å². The fraction of sp³-hybridized carbons (Fsp3) is 0.467. The zero-order valence-corrected chi connectivity index (χ0v) is 10.6.